The molecule has 2 aromatic rings. The monoisotopic (exact) mass is 739 g/mol. The van der Waals surface area contributed by atoms with E-state index in [1.807, 2.05) is 24.6 Å². The summed E-state index contributed by atoms with van der Waals surface area (Å²) in [7, 11) is 0. The Kier molecular flexibility index (Phi) is 12.8. The van der Waals surface area contributed by atoms with E-state index in [1.165, 1.54) is 17.8 Å². The summed E-state index contributed by atoms with van der Waals surface area (Å²) in [5, 5.41) is 5.66. The van der Waals surface area contributed by atoms with Crippen molar-refractivity contribution in [3.05, 3.63) is 74.9 Å². The Morgan fingerprint density at radius 1 is 1.02 bits per heavy atom. The second-order valence-electron chi connectivity index (χ2n) is 13.0. The number of hydrogen-bond acceptors (Lipinski definition) is 7. The van der Waals surface area contributed by atoms with Gasteiger partial charge in [0.1, 0.15) is 30.1 Å². The summed E-state index contributed by atoms with van der Waals surface area (Å²) in [6.45, 7) is 1.91. The Hall–Kier alpha value is -2.99. The molecule has 2 atom stereocenters. The summed E-state index contributed by atoms with van der Waals surface area (Å²) in [6.07, 6.45) is 7.33. The SMILES string of the molecule is CSCC[C@@](C)(NC(=O)c1ccc(C)c(OCC2CC2)c1)C(=O)O[C@@H](CC1=C(Cl)C[NH2+]C=C1Cl)c1ccc(OC(F)F)c(OCC2CC2)c1. The summed E-state index contributed by atoms with van der Waals surface area (Å²) >= 11 is 14.7. The van der Waals surface area contributed by atoms with Crippen molar-refractivity contribution in [3.8, 4) is 17.2 Å². The van der Waals surface area contributed by atoms with Crippen molar-refractivity contribution in [2.24, 2.45) is 11.8 Å². The van der Waals surface area contributed by atoms with Crippen LogP contribution in [0, 0.1) is 18.8 Å². The van der Waals surface area contributed by atoms with E-state index in [4.69, 9.17) is 42.1 Å². The number of nitrogens with two attached hydrogens (primary N) is 1. The molecule has 0 spiro atoms. The minimum atomic E-state index is -3.05. The smallest absolute Gasteiger partial charge is 0.387 e. The molecule has 0 unspecified atom stereocenters. The maximum absolute atomic E-state index is 14.2. The van der Waals surface area contributed by atoms with E-state index >= 15 is 0 Å². The van der Waals surface area contributed by atoms with Gasteiger partial charge in [-0.15, -0.1) is 0 Å². The van der Waals surface area contributed by atoms with Gasteiger partial charge in [0.25, 0.3) is 5.91 Å². The molecule has 0 aromatic heterocycles. The number of allylic oxidation sites excluding steroid dienone is 1. The van der Waals surface area contributed by atoms with Crippen molar-refractivity contribution in [3.63, 3.8) is 0 Å². The lowest BCUT2D eigenvalue weighted by molar-refractivity contribution is -0.580. The molecule has 2 aliphatic carbocycles. The summed E-state index contributed by atoms with van der Waals surface area (Å²) < 4.78 is 49.4. The summed E-state index contributed by atoms with van der Waals surface area (Å²) in [4.78, 5) is 27.9. The predicted octanol–water partition coefficient (Wildman–Crippen LogP) is 7.24. The summed E-state index contributed by atoms with van der Waals surface area (Å²) in [5.74, 6) is 0.947. The predicted molar refractivity (Wildman–Crippen MR) is 187 cm³/mol. The molecule has 1 amide bonds. The average Bonchev–Trinajstić information content (AvgIpc) is 4.00. The van der Waals surface area contributed by atoms with Gasteiger partial charge in [0.15, 0.2) is 11.5 Å². The number of hydrogen-bond donors (Lipinski definition) is 2. The second-order valence-corrected chi connectivity index (χ2v) is 14.9. The van der Waals surface area contributed by atoms with Gasteiger partial charge in [-0.3, -0.25) is 4.79 Å². The van der Waals surface area contributed by atoms with E-state index in [0.717, 1.165) is 31.2 Å². The molecule has 1 aliphatic heterocycles. The van der Waals surface area contributed by atoms with Gasteiger partial charge in [0.05, 0.1) is 23.3 Å². The Morgan fingerprint density at radius 3 is 2.35 bits per heavy atom. The first-order valence-electron chi connectivity index (χ1n) is 16.5. The number of amides is 1. The van der Waals surface area contributed by atoms with Crippen molar-refractivity contribution >= 4 is 46.8 Å². The third-order valence-corrected chi connectivity index (χ3v) is 10.2. The number of carbonyl (C=O) groups excluding carboxylic acids is 2. The highest BCUT2D eigenvalue weighted by atomic mass is 35.5. The van der Waals surface area contributed by atoms with Crippen LogP contribution in [0.5, 0.6) is 17.2 Å². The summed E-state index contributed by atoms with van der Waals surface area (Å²) in [5.41, 5.74) is 0.892. The van der Waals surface area contributed by atoms with E-state index in [1.54, 1.807) is 37.4 Å². The lowest BCUT2D eigenvalue weighted by atomic mass is 9.96. The normalized spacial score (nSPS) is 18.0. The molecule has 2 fully saturated rings. The number of carbonyl (C=O) groups is 2. The van der Waals surface area contributed by atoms with Gasteiger partial charge in [-0.05, 0) is 105 Å². The number of halogens is 4. The van der Waals surface area contributed by atoms with Gasteiger partial charge in [-0.25, -0.2) is 4.79 Å². The van der Waals surface area contributed by atoms with Crippen LogP contribution in [0.4, 0.5) is 8.78 Å². The van der Waals surface area contributed by atoms with E-state index < -0.39 is 30.1 Å². The van der Waals surface area contributed by atoms with Crippen molar-refractivity contribution in [1.29, 1.82) is 0 Å². The molecule has 13 heteroatoms. The van der Waals surface area contributed by atoms with Crippen molar-refractivity contribution in [1.82, 2.24) is 5.32 Å². The first kappa shape index (κ1) is 37.3. The fraction of sp³-hybridized carbons (Fsp3) is 0.500. The van der Waals surface area contributed by atoms with Gasteiger partial charge in [0, 0.05) is 17.6 Å². The molecule has 0 bridgehead atoms. The van der Waals surface area contributed by atoms with Crippen LogP contribution in [0.15, 0.2) is 58.2 Å². The minimum Gasteiger partial charge on any atom is -0.493 e. The van der Waals surface area contributed by atoms with Crippen LogP contribution in [0.1, 0.15) is 73.0 Å². The van der Waals surface area contributed by atoms with Crippen molar-refractivity contribution in [2.75, 3.05) is 31.8 Å². The number of aryl methyl sites for hydroxylation is 1. The first-order valence-corrected chi connectivity index (χ1v) is 18.6. The van der Waals surface area contributed by atoms with Gasteiger partial charge >= 0.3 is 12.6 Å². The number of benzene rings is 2. The highest BCUT2D eigenvalue weighted by molar-refractivity contribution is 7.98. The lowest BCUT2D eigenvalue weighted by Gasteiger charge is -2.31. The standard InChI is InChI=1S/C36H42Cl2F2N2O6S/c1-21-4-9-25(15-30(21)45-19-22-5-6-22)33(43)42-36(2,12-13-49-3)34(44)47-31(16-26-27(37)17-41-18-28(26)38)24-10-11-29(48-35(39)40)32(14-24)46-20-23-7-8-23/h4,9-11,14-15,17,22-23,31,35,41H,5-8,12-13,16,18-20H2,1-3H3,(H,42,43)/p+1/t31-,36+/m0/s1. The number of thioether (sulfide) groups is 1. The highest BCUT2D eigenvalue weighted by Crippen LogP contribution is 2.40. The van der Waals surface area contributed by atoms with Crippen LogP contribution in [-0.2, 0) is 9.53 Å². The fourth-order valence-corrected chi connectivity index (χ4v) is 6.47. The number of esters is 1. The topological polar surface area (TPSA) is 99.7 Å². The van der Waals surface area contributed by atoms with Crippen molar-refractivity contribution < 1.29 is 42.6 Å². The quantitative estimate of drug-likeness (QED) is 0.156. The molecule has 3 N–H and O–H groups in total. The molecule has 0 saturated heterocycles. The largest absolute Gasteiger partial charge is 0.493 e. The van der Waals surface area contributed by atoms with E-state index in [9.17, 15) is 18.4 Å². The van der Waals surface area contributed by atoms with E-state index in [-0.39, 0.29) is 24.3 Å². The van der Waals surface area contributed by atoms with E-state index in [0.29, 0.717) is 69.9 Å². The van der Waals surface area contributed by atoms with Gasteiger partial charge in [-0.2, -0.15) is 20.5 Å². The molecular formula is C36H43Cl2F2N2O6S+. The van der Waals surface area contributed by atoms with Gasteiger partial charge < -0.3 is 29.6 Å². The Morgan fingerprint density at radius 2 is 1.71 bits per heavy atom. The molecule has 1 heterocycles. The zero-order valence-electron chi connectivity index (χ0n) is 27.9. The molecule has 2 saturated carbocycles. The third-order valence-electron chi connectivity index (χ3n) is 8.81. The highest BCUT2D eigenvalue weighted by Gasteiger charge is 2.39. The van der Waals surface area contributed by atoms with Crippen LogP contribution in [-0.4, -0.2) is 55.8 Å². The summed E-state index contributed by atoms with van der Waals surface area (Å²) in [6, 6.07) is 9.70. The molecule has 0 radical (unpaired) electrons. The molecule has 3 aliphatic rings. The Labute approximate surface area is 300 Å². The maximum atomic E-state index is 14.2. The number of ether oxygens (including phenoxy) is 4. The second kappa shape index (κ2) is 16.8. The molecular weight excluding hydrogens is 697 g/mol. The van der Waals surface area contributed by atoms with Gasteiger partial charge in [0.2, 0.25) is 0 Å². The molecule has 8 nitrogen and oxygen atoms in total. The number of rotatable bonds is 18. The molecule has 2 aromatic carbocycles. The number of alkyl halides is 2. The van der Waals surface area contributed by atoms with E-state index in [2.05, 4.69) is 5.32 Å². The Balaban J connectivity index is 1.42. The molecule has 266 valence electrons. The van der Waals surface area contributed by atoms with Crippen LogP contribution in [0.25, 0.3) is 0 Å². The van der Waals surface area contributed by atoms with Crippen LogP contribution in [0.2, 0.25) is 0 Å². The van der Waals surface area contributed by atoms with Crippen LogP contribution in [0.3, 0.4) is 0 Å². The zero-order chi connectivity index (χ0) is 35.1. The minimum absolute atomic E-state index is 0.0943. The van der Waals surface area contributed by atoms with Crippen LogP contribution < -0.4 is 24.8 Å². The lowest BCUT2D eigenvalue weighted by Crippen LogP contribution is -2.79. The third kappa shape index (κ3) is 10.5. The first-order chi connectivity index (χ1) is 23.5. The molecule has 49 heavy (non-hydrogen) atoms. The number of nitrogens with one attached hydrogen (secondary N) is 1. The molecule has 5 rings (SSSR count). The van der Waals surface area contributed by atoms with Crippen LogP contribution >= 0.6 is 35.0 Å². The number of quaternary nitrogens is 1. The maximum Gasteiger partial charge on any atom is 0.387 e. The Bertz CT molecular complexity index is 1580. The zero-order valence-corrected chi connectivity index (χ0v) is 30.2. The average molecular weight is 741 g/mol. The van der Waals surface area contributed by atoms with Crippen molar-refractivity contribution in [2.45, 2.75) is 70.6 Å². The van der Waals surface area contributed by atoms with Gasteiger partial charge in [-0.1, -0.05) is 35.3 Å². The fourth-order valence-electron chi connectivity index (χ4n) is 5.26.